The van der Waals surface area contributed by atoms with Gasteiger partial charge in [-0.3, -0.25) is 0 Å². The molecule has 15 heavy (non-hydrogen) atoms. The Labute approximate surface area is 93.2 Å². The van der Waals surface area contributed by atoms with Crippen LogP contribution in [0.5, 0.6) is 5.75 Å². The first-order valence-electron chi connectivity index (χ1n) is 4.68. The number of ether oxygens (including phenoxy) is 1. The van der Waals surface area contributed by atoms with Crippen LogP contribution in [-0.2, 0) is 5.75 Å². The Morgan fingerprint density at radius 2 is 2.00 bits per heavy atom. The zero-order valence-electron chi connectivity index (χ0n) is 8.47. The number of benzene rings is 1. The summed E-state index contributed by atoms with van der Waals surface area (Å²) in [5.41, 5.74) is 0. The normalized spacial score (nSPS) is 10.2. The molecule has 2 aromatic rings. The molecule has 0 bridgehead atoms. The first-order chi connectivity index (χ1) is 7.38. The topological polar surface area (TPSA) is 22.4 Å². The molecule has 3 heteroatoms. The molecule has 0 N–H and O–H groups in total. The van der Waals surface area contributed by atoms with Crippen LogP contribution >= 0.6 is 11.8 Å². The van der Waals surface area contributed by atoms with Gasteiger partial charge >= 0.3 is 0 Å². The molecular formula is C12H12O2S. The number of furan rings is 1. The van der Waals surface area contributed by atoms with Gasteiger partial charge in [0.05, 0.1) is 19.1 Å². The molecule has 2 rings (SSSR count). The van der Waals surface area contributed by atoms with Crippen molar-refractivity contribution in [2.75, 3.05) is 7.11 Å². The van der Waals surface area contributed by atoms with E-state index >= 15 is 0 Å². The molecule has 1 aromatic carbocycles. The van der Waals surface area contributed by atoms with Gasteiger partial charge < -0.3 is 9.15 Å². The molecule has 0 aliphatic carbocycles. The fourth-order valence-corrected chi connectivity index (χ4v) is 2.02. The van der Waals surface area contributed by atoms with Crippen LogP contribution in [0.3, 0.4) is 0 Å². The van der Waals surface area contributed by atoms with Gasteiger partial charge in [0.1, 0.15) is 11.5 Å². The second kappa shape index (κ2) is 4.94. The Morgan fingerprint density at radius 3 is 2.60 bits per heavy atom. The van der Waals surface area contributed by atoms with Gasteiger partial charge in [0.25, 0.3) is 0 Å². The van der Waals surface area contributed by atoms with Gasteiger partial charge in [0.15, 0.2) is 0 Å². The van der Waals surface area contributed by atoms with E-state index in [-0.39, 0.29) is 0 Å². The van der Waals surface area contributed by atoms with Crippen molar-refractivity contribution in [2.24, 2.45) is 0 Å². The summed E-state index contributed by atoms with van der Waals surface area (Å²) in [6.45, 7) is 0. The van der Waals surface area contributed by atoms with Crippen LogP contribution in [0.15, 0.2) is 52.0 Å². The lowest BCUT2D eigenvalue weighted by molar-refractivity contribution is 0.414. The van der Waals surface area contributed by atoms with Crippen LogP contribution in [-0.4, -0.2) is 7.11 Å². The van der Waals surface area contributed by atoms with Crippen molar-refractivity contribution in [2.45, 2.75) is 10.6 Å². The molecule has 0 radical (unpaired) electrons. The van der Waals surface area contributed by atoms with E-state index in [2.05, 4.69) is 0 Å². The minimum atomic E-state index is 0.860. The highest BCUT2D eigenvalue weighted by molar-refractivity contribution is 7.98. The van der Waals surface area contributed by atoms with Crippen molar-refractivity contribution >= 4 is 11.8 Å². The first kappa shape index (κ1) is 10.2. The van der Waals surface area contributed by atoms with Crippen LogP contribution in [0.4, 0.5) is 0 Å². The van der Waals surface area contributed by atoms with E-state index in [0.29, 0.717) is 0 Å². The number of methoxy groups -OCH3 is 1. The molecule has 0 aliphatic rings. The van der Waals surface area contributed by atoms with E-state index in [1.807, 2.05) is 36.4 Å². The second-order valence-corrected chi connectivity index (χ2v) is 4.09. The van der Waals surface area contributed by atoms with E-state index in [1.54, 1.807) is 25.1 Å². The molecule has 0 atom stereocenters. The quantitative estimate of drug-likeness (QED) is 0.735. The molecule has 0 amide bonds. The van der Waals surface area contributed by atoms with E-state index in [1.165, 1.54) is 4.90 Å². The summed E-state index contributed by atoms with van der Waals surface area (Å²) >= 11 is 1.75. The fourth-order valence-electron chi connectivity index (χ4n) is 1.22. The molecule has 0 unspecified atom stereocenters. The average molecular weight is 220 g/mol. The predicted molar refractivity (Wildman–Crippen MR) is 61.3 cm³/mol. The van der Waals surface area contributed by atoms with Crippen molar-refractivity contribution in [3.8, 4) is 5.75 Å². The third kappa shape index (κ3) is 2.80. The molecular weight excluding hydrogens is 208 g/mol. The fraction of sp³-hybridized carbons (Fsp3) is 0.167. The Kier molecular flexibility index (Phi) is 3.35. The maximum atomic E-state index is 5.25. The van der Waals surface area contributed by atoms with E-state index < -0.39 is 0 Å². The maximum Gasteiger partial charge on any atom is 0.118 e. The van der Waals surface area contributed by atoms with E-state index in [4.69, 9.17) is 9.15 Å². The summed E-state index contributed by atoms with van der Waals surface area (Å²) < 4.78 is 10.3. The second-order valence-electron chi connectivity index (χ2n) is 3.04. The largest absolute Gasteiger partial charge is 0.497 e. The molecule has 78 valence electrons. The molecule has 0 saturated heterocycles. The van der Waals surface area contributed by atoms with Gasteiger partial charge in [0.2, 0.25) is 0 Å². The lowest BCUT2D eigenvalue weighted by atomic mass is 10.3. The zero-order chi connectivity index (χ0) is 10.5. The maximum absolute atomic E-state index is 5.25. The van der Waals surface area contributed by atoms with Crippen molar-refractivity contribution in [3.63, 3.8) is 0 Å². The first-order valence-corrected chi connectivity index (χ1v) is 5.66. The van der Waals surface area contributed by atoms with Crippen LogP contribution in [0.2, 0.25) is 0 Å². The van der Waals surface area contributed by atoms with E-state index in [0.717, 1.165) is 17.3 Å². The summed E-state index contributed by atoms with van der Waals surface area (Å²) in [7, 11) is 1.67. The minimum Gasteiger partial charge on any atom is -0.497 e. The Hall–Kier alpha value is -1.35. The van der Waals surface area contributed by atoms with Crippen molar-refractivity contribution in [1.82, 2.24) is 0 Å². The standard InChI is InChI=1S/C12H12O2S/c1-13-10-4-6-12(7-5-10)15-9-11-3-2-8-14-11/h2-8H,9H2,1H3. The summed E-state index contributed by atoms with van der Waals surface area (Å²) in [4.78, 5) is 1.22. The van der Waals surface area contributed by atoms with Gasteiger partial charge in [-0.25, -0.2) is 0 Å². The molecule has 0 spiro atoms. The summed E-state index contributed by atoms with van der Waals surface area (Å²) in [5, 5.41) is 0. The molecule has 0 saturated carbocycles. The van der Waals surface area contributed by atoms with E-state index in [9.17, 15) is 0 Å². The monoisotopic (exact) mass is 220 g/mol. The van der Waals surface area contributed by atoms with Crippen LogP contribution in [0, 0.1) is 0 Å². The lowest BCUT2D eigenvalue weighted by Crippen LogP contribution is -1.81. The summed E-state index contributed by atoms with van der Waals surface area (Å²) in [5.74, 6) is 2.74. The SMILES string of the molecule is COc1ccc(SCc2ccco2)cc1. The third-order valence-electron chi connectivity index (χ3n) is 2.02. The lowest BCUT2D eigenvalue weighted by Gasteiger charge is -2.01. The Balaban J connectivity index is 1.93. The third-order valence-corrected chi connectivity index (χ3v) is 3.05. The van der Waals surface area contributed by atoms with Gasteiger partial charge in [-0.2, -0.15) is 0 Å². The molecule has 2 nitrogen and oxygen atoms in total. The van der Waals surface area contributed by atoms with Gasteiger partial charge in [-0.15, -0.1) is 11.8 Å². The van der Waals surface area contributed by atoms with Crippen LogP contribution in [0.25, 0.3) is 0 Å². The molecule has 1 heterocycles. The molecule has 1 aromatic heterocycles. The zero-order valence-corrected chi connectivity index (χ0v) is 9.29. The Bertz CT molecular complexity index is 392. The molecule has 0 aliphatic heterocycles. The highest BCUT2D eigenvalue weighted by Gasteiger charge is 1.98. The number of thioether (sulfide) groups is 1. The highest BCUT2D eigenvalue weighted by atomic mass is 32.2. The van der Waals surface area contributed by atoms with Crippen LogP contribution < -0.4 is 4.74 Å². The van der Waals surface area contributed by atoms with Gasteiger partial charge in [0, 0.05) is 4.90 Å². The van der Waals surface area contributed by atoms with Crippen LogP contribution in [0.1, 0.15) is 5.76 Å². The summed E-state index contributed by atoms with van der Waals surface area (Å²) in [6, 6.07) is 11.9. The van der Waals surface area contributed by atoms with Crippen molar-refractivity contribution in [1.29, 1.82) is 0 Å². The molecule has 0 fully saturated rings. The van der Waals surface area contributed by atoms with Gasteiger partial charge in [-0.05, 0) is 36.4 Å². The van der Waals surface area contributed by atoms with Crippen molar-refractivity contribution in [3.05, 3.63) is 48.4 Å². The minimum absolute atomic E-state index is 0.860. The average Bonchev–Trinajstić information content (AvgIpc) is 2.80. The smallest absolute Gasteiger partial charge is 0.118 e. The number of hydrogen-bond donors (Lipinski definition) is 0. The van der Waals surface area contributed by atoms with Crippen molar-refractivity contribution < 1.29 is 9.15 Å². The summed E-state index contributed by atoms with van der Waals surface area (Å²) in [6.07, 6.45) is 1.70. The Morgan fingerprint density at radius 1 is 1.20 bits per heavy atom. The van der Waals surface area contributed by atoms with Gasteiger partial charge in [-0.1, -0.05) is 0 Å². The number of rotatable bonds is 4. The number of hydrogen-bond acceptors (Lipinski definition) is 3. The predicted octanol–water partition coefficient (Wildman–Crippen LogP) is 3.58. The highest BCUT2D eigenvalue weighted by Crippen LogP contribution is 2.24.